The highest BCUT2D eigenvalue weighted by Gasteiger charge is 2.39. The first-order valence-electron chi connectivity index (χ1n) is 8.38. The molecule has 6 nitrogen and oxygen atoms in total. The fourth-order valence-corrected chi connectivity index (χ4v) is 2.99. The number of hydrogen-bond donors (Lipinski definition) is 2. The highest BCUT2D eigenvalue weighted by atomic mass is 35.5. The molecule has 0 bridgehead atoms. The third-order valence-corrected chi connectivity index (χ3v) is 4.39. The molecule has 1 amide bonds. The predicted octanol–water partition coefficient (Wildman–Crippen LogP) is 2.02. The lowest BCUT2D eigenvalue weighted by Gasteiger charge is -2.35. The van der Waals surface area contributed by atoms with Crippen LogP contribution in [-0.2, 0) is 9.53 Å². The van der Waals surface area contributed by atoms with Gasteiger partial charge in [0.2, 0.25) is 5.91 Å². The van der Waals surface area contributed by atoms with Crippen molar-refractivity contribution < 1.29 is 19.0 Å². The molecule has 0 aromatic heterocycles. The second-order valence-corrected chi connectivity index (χ2v) is 6.28. The SMILES string of the molecule is COCC1(C(=O)NCC(C)Oc2cccc(OC)c2)CCNCC1.Cl. The van der Waals surface area contributed by atoms with E-state index in [9.17, 15) is 4.79 Å². The van der Waals surface area contributed by atoms with Gasteiger partial charge in [0, 0.05) is 13.2 Å². The van der Waals surface area contributed by atoms with Gasteiger partial charge in [0.15, 0.2) is 0 Å². The second kappa shape index (κ2) is 10.5. The van der Waals surface area contributed by atoms with Crippen LogP contribution in [-0.4, -0.2) is 52.5 Å². The van der Waals surface area contributed by atoms with E-state index >= 15 is 0 Å². The zero-order chi connectivity index (χ0) is 17.4. The monoisotopic (exact) mass is 372 g/mol. The summed E-state index contributed by atoms with van der Waals surface area (Å²) in [7, 11) is 3.27. The maximum Gasteiger partial charge on any atom is 0.228 e. The number of benzene rings is 1. The van der Waals surface area contributed by atoms with Crippen molar-refractivity contribution in [2.24, 2.45) is 5.41 Å². The summed E-state index contributed by atoms with van der Waals surface area (Å²) in [6.45, 7) is 4.52. The van der Waals surface area contributed by atoms with Gasteiger partial charge < -0.3 is 24.8 Å². The number of halogens is 1. The number of ether oxygens (including phenoxy) is 3. The molecule has 1 unspecified atom stereocenters. The number of rotatable bonds is 8. The summed E-state index contributed by atoms with van der Waals surface area (Å²) in [4.78, 5) is 12.7. The normalized spacial score (nSPS) is 17.1. The van der Waals surface area contributed by atoms with Crippen LogP contribution in [0, 0.1) is 5.41 Å². The van der Waals surface area contributed by atoms with Crippen LogP contribution in [0.5, 0.6) is 11.5 Å². The van der Waals surface area contributed by atoms with Crippen LogP contribution in [0.3, 0.4) is 0 Å². The molecule has 1 saturated heterocycles. The van der Waals surface area contributed by atoms with Gasteiger partial charge in [-0.15, -0.1) is 12.4 Å². The molecule has 2 rings (SSSR count). The number of amides is 1. The zero-order valence-electron chi connectivity index (χ0n) is 15.2. The lowest BCUT2D eigenvalue weighted by Crippen LogP contribution is -2.51. The fraction of sp³-hybridized carbons (Fsp3) is 0.611. The molecule has 2 N–H and O–H groups in total. The Morgan fingerprint density at radius 1 is 1.28 bits per heavy atom. The van der Waals surface area contributed by atoms with Crippen molar-refractivity contribution in [1.82, 2.24) is 10.6 Å². The first-order valence-corrected chi connectivity index (χ1v) is 8.38. The van der Waals surface area contributed by atoms with Crippen molar-refractivity contribution in [2.45, 2.75) is 25.9 Å². The van der Waals surface area contributed by atoms with E-state index in [0.717, 1.165) is 37.4 Å². The van der Waals surface area contributed by atoms with Crippen LogP contribution >= 0.6 is 12.4 Å². The zero-order valence-corrected chi connectivity index (χ0v) is 16.0. The molecular formula is C18H29ClN2O4. The Hall–Kier alpha value is -1.50. The van der Waals surface area contributed by atoms with Gasteiger partial charge in [0.25, 0.3) is 0 Å². The molecule has 1 atom stereocenters. The predicted molar refractivity (Wildman–Crippen MR) is 99.8 cm³/mol. The van der Waals surface area contributed by atoms with Crippen LogP contribution in [0.25, 0.3) is 0 Å². The smallest absolute Gasteiger partial charge is 0.228 e. The van der Waals surface area contributed by atoms with Crippen LogP contribution in [0.1, 0.15) is 19.8 Å². The van der Waals surface area contributed by atoms with Gasteiger partial charge >= 0.3 is 0 Å². The Bertz CT molecular complexity index is 530. The average Bonchev–Trinajstić information content (AvgIpc) is 2.61. The first kappa shape index (κ1) is 21.5. The molecule has 0 radical (unpaired) electrons. The van der Waals surface area contributed by atoms with E-state index in [-0.39, 0.29) is 24.4 Å². The molecule has 25 heavy (non-hydrogen) atoms. The summed E-state index contributed by atoms with van der Waals surface area (Å²) in [5.74, 6) is 1.52. The molecule has 1 aliphatic heterocycles. The van der Waals surface area contributed by atoms with E-state index in [0.29, 0.717) is 13.2 Å². The molecule has 1 aromatic carbocycles. The van der Waals surface area contributed by atoms with Crippen molar-refractivity contribution in [1.29, 1.82) is 0 Å². The summed E-state index contributed by atoms with van der Waals surface area (Å²) in [5.41, 5.74) is -0.435. The first-order chi connectivity index (χ1) is 11.6. The number of piperidine rings is 1. The van der Waals surface area contributed by atoms with Crippen LogP contribution in [0.4, 0.5) is 0 Å². The maximum atomic E-state index is 12.7. The van der Waals surface area contributed by atoms with E-state index < -0.39 is 5.41 Å². The van der Waals surface area contributed by atoms with Gasteiger partial charge in [0.05, 0.1) is 25.7 Å². The van der Waals surface area contributed by atoms with Crippen molar-refractivity contribution >= 4 is 18.3 Å². The van der Waals surface area contributed by atoms with E-state index in [1.165, 1.54) is 0 Å². The van der Waals surface area contributed by atoms with E-state index in [2.05, 4.69) is 10.6 Å². The summed E-state index contributed by atoms with van der Waals surface area (Å²) < 4.78 is 16.3. The van der Waals surface area contributed by atoms with E-state index in [4.69, 9.17) is 14.2 Å². The quantitative estimate of drug-likeness (QED) is 0.730. The number of hydrogen-bond acceptors (Lipinski definition) is 5. The largest absolute Gasteiger partial charge is 0.497 e. The fourth-order valence-electron chi connectivity index (χ4n) is 2.99. The number of carbonyl (C=O) groups excluding carboxylic acids is 1. The Morgan fingerprint density at radius 2 is 1.96 bits per heavy atom. The molecule has 1 aromatic rings. The maximum absolute atomic E-state index is 12.7. The van der Waals surface area contributed by atoms with Crippen molar-refractivity contribution in [3.8, 4) is 11.5 Å². The van der Waals surface area contributed by atoms with Gasteiger partial charge in [0.1, 0.15) is 17.6 Å². The Kier molecular flexibility index (Phi) is 9.03. The Morgan fingerprint density at radius 3 is 2.60 bits per heavy atom. The van der Waals surface area contributed by atoms with Crippen molar-refractivity contribution in [2.75, 3.05) is 40.5 Å². The van der Waals surface area contributed by atoms with Crippen LogP contribution in [0.15, 0.2) is 24.3 Å². The lowest BCUT2D eigenvalue weighted by molar-refractivity contribution is -0.136. The minimum Gasteiger partial charge on any atom is -0.497 e. The van der Waals surface area contributed by atoms with Gasteiger partial charge in [-0.05, 0) is 45.0 Å². The number of nitrogens with one attached hydrogen (secondary N) is 2. The van der Waals surface area contributed by atoms with Crippen LogP contribution in [0.2, 0.25) is 0 Å². The van der Waals surface area contributed by atoms with E-state index in [1.807, 2.05) is 31.2 Å². The highest BCUT2D eigenvalue weighted by Crippen LogP contribution is 2.29. The topological polar surface area (TPSA) is 68.8 Å². The average molecular weight is 373 g/mol. The van der Waals surface area contributed by atoms with Gasteiger partial charge in [-0.2, -0.15) is 0 Å². The summed E-state index contributed by atoms with van der Waals surface area (Å²) in [6.07, 6.45) is 1.44. The van der Waals surface area contributed by atoms with Crippen molar-refractivity contribution in [3.05, 3.63) is 24.3 Å². The third-order valence-electron chi connectivity index (χ3n) is 4.39. The minimum atomic E-state index is -0.435. The second-order valence-electron chi connectivity index (χ2n) is 6.28. The summed E-state index contributed by atoms with van der Waals surface area (Å²) in [6, 6.07) is 7.45. The molecule has 0 aliphatic carbocycles. The van der Waals surface area contributed by atoms with E-state index in [1.54, 1.807) is 14.2 Å². The molecular weight excluding hydrogens is 344 g/mol. The number of carbonyl (C=O) groups is 1. The summed E-state index contributed by atoms with van der Waals surface area (Å²) in [5, 5.41) is 6.31. The number of methoxy groups -OCH3 is 2. The standard InChI is InChI=1S/C18H28N2O4.ClH/c1-14(24-16-6-4-5-15(11-16)23-3)12-20-17(21)18(13-22-2)7-9-19-10-8-18;/h4-6,11,14,19H,7-10,12-13H2,1-3H3,(H,20,21);1H. The van der Waals surface area contributed by atoms with Gasteiger partial charge in [-0.25, -0.2) is 0 Å². The Balaban J connectivity index is 0.00000312. The lowest BCUT2D eigenvalue weighted by atomic mass is 9.78. The highest BCUT2D eigenvalue weighted by molar-refractivity contribution is 5.85. The molecule has 1 fully saturated rings. The molecule has 142 valence electrons. The molecule has 0 spiro atoms. The summed E-state index contributed by atoms with van der Waals surface area (Å²) >= 11 is 0. The minimum absolute atomic E-state index is 0. The third kappa shape index (κ3) is 6.06. The molecule has 7 heteroatoms. The molecule has 1 heterocycles. The van der Waals surface area contributed by atoms with Gasteiger partial charge in [-0.1, -0.05) is 6.07 Å². The molecule has 0 saturated carbocycles. The molecule has 1 aliphatic rings. The van der Waals surface area contributed by atoms with Gasteiger partial charge in [-0.3, -0.25) is 4.79 Å². The van der Waals surface area contributed by atoms with Crippen LogP contribution < -0.4 is 20.1 Å². The Labute approximate surface area is 156 Å². The van der Waals surface area contributed by atoms with Crippen molar-refractivity contribution in [3.63, 3.8) is 0 Å².